The molecule has 19 heavy (non-hydrogen) atoms. The molecule has 98 valence electrons. The zero-order valence-electron chi connectivity index (χ0n) is 9.78. The Balaban J connectivity index is 2.09. The lowest BCUT2D eigenvalue weighted by Crippen LogP contribution is -2.20. The quantitative estimate of drug-likeness (QED) is 0.728. The van der Waals surface area contributed by atoms with Crippen LogP contribution in [0.5, 0.6) is 0 Å². The minimum Gasteiger partial charge on any atom is -0.396 e. The molecular formula is C13H11F2N3O. The number of carbonyl (C=O) groups excluding carboxylic acids is 1. The number of nitrogen functional groups attached to an aromatic ring is 1. The van der Waals surface area contributed by atoms with Gasteiger partial charge in [-0.3, -0.25) is 0 Å². The topological polar surface area (TPSA) is 67.1 Å². The van der Waals surface area contributed by atoms with Crippen molar-refractivity contribution in [3.05, 3.63) is 54.1 Å². The summed E-state index contributed by atoms with van der Waals surface area (Å²) in [5.41, 5.74) is 5.43. The molecule has 2 aromatic rings. The number of amides is 2. The summed E-state index contributed by atoms with van der Waals surface area (Å²) in [6.45, 7) is 0. The van der Waals surface area contributed by atoms with Crippen LogP contribution in [0, 0.1) is 11.6 Å². The molecule has 6 heteroatoms. The SMILES string of the molecule is Nc1cc(NC(=O)Nc2ccccc2)c(F)cc1F. The van der Waals surface area contributed by atoms with Gasteiger partial charge in [0.25, 0.3) is 0 Å². The maximum atomic E-state index is 13.4. The molecule has 4 nitrogen and oxygen atoms in total. The number of hydrogen-bond acceptors (Lipinski definition) is 2. The summed E-state index contributed by atoms with van der Waals surface area (Å²) in [7, 11) is 0. The number of rotatable bonds is 2. The van der Waals surface area contributed by atoms with Crippen molar-refractivity contribution in [2.24, 2.45) is 0 Å². The second kappa shape index (κ2) is 5.34. The minimum absolute atomic E-state index is 0.188. The largest absolute Gasteiger partial charge is 0.396 e. The third-order valence-electron chi connectivity index (χ3n) is 2.37. The second-order valence-electron chi connectivity index (χ2n) is 3.80. The second-order valence-corrected chi connectivity index (χ2v) is 3.80. The molecule has 0 saturated carbocycles. The van der Waals surface area contributed by atoms with Crippen molar-refractivity contribution in [1.82, 2.24) is 0 Å². The van der Waals surface area contributed by atoms with Gasteiger partial charge < -0.3 is 16.4 Å². The first-order valence-corrected chi connectivity index (χ1v) is 5.44. The van der Waals surface area contributed by atoms with E-state index in [2.05, 4.69) is 10.6 Å². The van der Waals surface area contributed by atoms with Crippen molar-refractivity contribution in [3.8, 4) is 0 Å². The molecule has 0 aliphatic rings. The molecule has 0 heterocycles. The maximum Gasteiger partial charge on any atom is 0.323 e. The van der Waals surface area contributed by atoms with Gasteiger partial charge in [0.2, 0.25) is 0 Å². The van der Waals surface area contributed by atoms with E-state index in [4.69, 9.17) is 5.73 Å². The van der Waals surface area contributed by atoms with Gasteiger partial charge in [0.15, 0.2) is 0 Å². The predicted octanol–water partition coefficient (Wildman–Crippen LogP) is 3.19. The molecule has 0 saturated heterocycles. The van der Waals surface area contributed by atoms with Gasteiger partial charge in [-0.25, -0.2) is 13.6 Å². The van der Waals surface area contributed by atoms with Crippen molar-refractivity contribution in [1.29, 1.82) is 0 Å². The van der Waals surface area contributed by atoms with Crippen molar-refractivity contribution in [2.75, 3.05) is 16.4 Å². The number of urea groups is 1. The minimum atomic E-state index is -0.894. The number of benzene rings is 2. The Kier molecular flexibility index (Phi) is 3.61. The maximum absolute atomic E-state index is 13.4. The van der Waals surface area contributed by atoms with Crippen LogP contribution in [0.2, 0.25) is 0 Å². The number of nitrogens with one attached hydrogen (secondary N) is 2. The van der Waals surface area contributed by atoms with Crippen molar-refractivity contribution in [3.63, 3.8) is 0 Å². The van der Waals surface area contributed by atoms with Gasteiger partial charge in [-0.1, -0.05) is 18.2 Å². The van der Waals surface area contributed by atoms with Crippen LogP contribution in [0.4, 0.5) is 30.6 Å². The molecule has 0 unspecified atom stereocenters. The molecule has 0 aliphatic carbocycles. The fourth-order valence-electron chi connectivity index (χ4n) is 1.47. The molecule has 4 N–H and O–H groups in total. The summed E-state index contributed by atoms with van der Waals surface area (Å²) in [5, 5.41) is 4.76. The van der Waals surface area contributed by atoms with E-state index >= 15 is 0 Å². The number of nitrogens with two attached hydrogens (primary N) is 1. The number of anilines is 3. The lowest BCUT2D eigenvalue weighted by molar-refractivity contribution is 0.262. The predicted molar refractivity (Wildman–Crippen MR) is 69.9 cm³/mol. The highest BCUT2D eigenvalue weighted by Gasteiger charge is 2.10. The van der Waals surface area contributed by atoms with E-state index in [9.17, 15) is 13.6 Å². The number of para-hydroxylation sites is 1. The Bertz CT molecular complexity index is 602. The van der Waals surface area contributed by atoms with Gasteiger partial charge in [0.05, 0.1) is 11.4 Å². The normalized spacial score (nSPS) is 10.0. The molecule has 0 atom stereocenters. The van der Waals surface area contributed by atoms with Crippen molar-refractivity contribution in [2.45, 2.75) is 0 Å². The summed E-state index contributed by atoms with van der Waals surface area (Å²) >= 11 is 0. The van der Waals surface area contributed by atoms with Gasteiger partial charge >= 0.3 is 6.03 Å². The molecule has 0 aliphatic heterocycles. The van der Waals surface area contributed by atoms with Gasteiger partial charge in [-0.15, -0.1) is 0 Å². The number of hydrogen-bond donors (Lipinski definition) is 3. The van der Waals surface area contributed by atoms with Crippen LogP contribution in [0.15, 0.2) is 42.5 Å². The molecule has 2 aromatic carbocycles. The molecule has 0 bridgehead atoms. The van der Waals surface area contributed by atoms with E-state index in [-0.39, 0.29) is 11.4 Å². The first-order chi connectivity index (χ1) is 9.06. The lowest BCUT2D eigenvalue weighted by Gasteiger charge is -2.09. The zero-order valence-corrected chi connectivity index (χ0v) is 9.78. The molecular weight excluding hydrogens is 252 g/mol. The molecule has 0 fully saturated rings. The molecule has 0 spiro atoms. The van der Waals surface area contributed by atoms with Crippen LogP contribution in [-0.2, 0) is 0 Å². The first kappa shape index (κ1) is 12.8. The molecule has 2 amide bonds. The van der Waals surface area contributed by atoms with Crippen molar-refractivity contribution >= 4 is 23.1 Å². The van der Waals surface area contributed by atoms with Gasteiger partial charge in [-0.2, -0.15) is 0 Å². The molecule has 0 aromatic heterocycles. The Morgan fingerprint density at radius 2 is 1.68 bits per heavy atom. The summed E-state index contributed by atoms with van der Waals surface area (Å²) in [6, 6.07) is 9.63. The standard InChI is InChI=1S/C13H11F2N3O/c14-9-6-10(15)12(7-11(9)16)18-13(19)17-8-4-2-1-3-5-8/h1-7H,16H2,(H2,17,18,19). The fraction of sp³-hybridized carbons (Fsp3) is 0. The van der Waals surface area contributed by atoms with Gasteiger partial charge in [-0.05, 0) is 18.2 Å². The highest BCUT2D eigenvalue weighted by molar-refractivity contribution is 6.00. The lowest BCUT2D eigenvalue weighted by atomic mass is 10.2. The average molecular weight is 263 g/mol. The monoisotopic (exact) mass is 263 g/mol. The van der Waals surface area contributed by atoms with Crippen LogP contribution >= 0.6 is 0 Å². The van der Waals surface area contributed by atoms with Crippen LogP contribution in [0.3, 0.4) is 0 Å². The van der Waals surface area contributed by atoms with Crippen LogP contribution in [0.25, 0.3) is 0 Å². The van der Waals surface area contributed by atoms with Gasteiger partial charge in [0.1, 0.15) is 11.6 Å². The Morgan fingerprint density at radius 1 is 1.00 bits per heavy atom. The average Bonchev–Trinajstić information content (AvgIpc) is 2.37. The Morgan fingerprint density at radius 3 is 2.37 bits per heavy atom. The number of carbonyl (C=O) groups is 1. The van der Waals surface area contributed by atoms with Crippen molar-refractivity contribution < 1.29 is 13.6 Å². The Hall–Kier alpha value is -2.63. The van der Waals surface area contributed by atoms with Gasteiger partial charge in [0, 0.05) is 11.8 Å². The highest BCUT2D eigenvalue weighted by Crippen LogP contribution is 2.21. The third-order valence-corrected chi connectivity index (χ3v) is 2.37. The van der Waals surface area contributed by atoms with E-state index in [0.29, 0.717) is 11.8 Å². The number of halogens is 2. The van der Waals surface area contributed by atoms with E-state index in [1.165, 1.54) is 0 Å². The zero-order chi connectivity index (χ0) is 13.8. The first-order valence-electron chi connectivity index (χ1n) is 5.44. The van der Waals surface area contributed by atoms with Crippen LogP contribution < -0.4 is 16.4 Å². The Labute approximate surface area is 108 Å². The third kappa shape index (κ3) is 3.19. The highest BCUT2D eigenvalue weighted by atomic mass is 19.1. The van der Waals surface area contributed by atoms with E-state index < -0.39 is 17.7 Å². The summed E-state index contributed by atoms with van der Waals surface area (Å²) in [4.78, 5) is 11.6. The van der Waals surface area contributed by atoms with E-state index in [1.54, 1.807) is 30.3 Å². The van der Waals surface area contributed by atoms with E-state index in [0.717, 1.165) is 6.07 Å². The summed E-state index contributed by atoms with van der Waals surface area (Å²) < 4.78 is 26.3. The smallest absolute Gasteiger partial charge is 0.323 e. The van der Waals surface area contributed by atoms with Crippen LogP contribution in [-0.4, -0.2) is 6.03 Å². The summed E-state index contributed by atoms with van der Waals surface area (Å²) in [5.74, 6) is -1.76. The molecule has 2 rings (SSSR count). The fourth-order valence-corrected chi connectivity index (χ4v) is 1.47. The molecule has 0 radical (unpaired) electrons. The summed E-state index contributed by atoms with van der Waals surface area (Å²) in [6.07, 6.45) is 0. The van der Waals surface area contributed by atoms with E-state index in [1.807, 2.05) is 0 Å². The van der Waals surface area contributed by atoms with Crippen LogP contribution in [0.1, 0.15) is 0 Å².